The van der Waals surface area contributed by atoms with E-state index in [2.05, 4.69) is 4.40 Å². The molecule has 60 valence electrons. The van der Waals surface area contributed by atoms with Gasteiger partial charge in [0.1, 0.15) is 5.70 Å². The van der Waals surface area contributed by atoms with E-state index in [9.17, 15) is 9.00 Å². The summed E-state index contributed by atoms with van der Waals surface area (Å²) in [6.07, 6.45) is 0. The van der Waals surface area contributed by atoms with Gasteiger partial charge in [-0.25, -0.2) is 9.00 Å². The predicted molar refractivity (Wildman–Crippen MR) is 38.6 cm³/mol. The topological polar surface area (TPSA) is 119 Å². The van der Waals surface area contributed by atoms with Crippen LogP contribution in [0.4, 0.5) is 0 Å². The largest absolute Gasteiger partial charge is 0.477 e. The lowest BCUT2D eigenvalue weighted by molar-refractivity contribution is -0.131. The van der Waals surface area contributed by atoms with Crippen molar-refractivity contribution in [3.63, 3.8) is 0 Å². The Morgan fingerprint density at radius 3 is 2.27 bits per heavy atom. The first kappa shape index (κ1) is 7.73. The monoisotopic (exact) mass is 175 g/mol. The van der Waals surface area contributed by atoms with Crippen molar-refractivity contribution >= 4 is 22.8 Å². The molecule has 1 heterocycles. The maximum atomic E-state index is 10.8. The summed E-state index contributed by atoms with van der Waals surface area (Å²) in [6.45, 7) is 0. The number of carboxylic acid groups (broad SMARTS) is 1. The lowest BCUT2D eigenvalue weighted by Gasteiger charge is -1.92. The zero-order valence-corrected chi connectivity index (χ0v) is 6.09. The highest BCUT2D eigenvalue weighted by atomic mass is 32.2. The average Bonchev–Trinajstić information content (AvgIpc) is 2.07. The van der Waals surface area contributed by atoms with Crippen LogP contribution in [0.1, 0.15) is 0 Å². The quantitative estimate of drug-likeness (QED) is 0.437. The van der Waals surface area contributed by atoms with E-state index in [0.717, 1.165) is 0 Å². The van der Waals surface area contributed by atoms with Gasteiger partial charge in [0.05, 0.1) is 0 Å². The first-order chi connectivity index (χ1) is 5.04. The molecule has 7 heteroatoms. The summed E-state index contributed by atoms with van der Waals surface area (Å²) in [5, 5.41) is 8.41. The zero-order valence-electron chi connectivity index (χ0n) is 5.27. The molecule has 0 amide bonds. The molecule has 0 saturated carbocycles. The second kappa shape index (κ2) is 2.35. The van der Waals surface area contributed by atoms with Gasteiger partial charge < -0.3 is 16.6 Å². The number of nitrogens with two attached hydrogens (primary N) is 2. The van der Waals surface area contributed by atoms with E-state index < -0.39 is 21.9 Å². The van der Waals surface area contributed by atoms with E-state index in [1.54, 1.807) is 0 Å². The number of aliphatic carboxylic acids is 1. The summed E-state index contributed by atoms with van der Waals surface area (Å²) >= 11 is 0. The molecule has 1 atom stereocenters. The minimum absolute atomic E-state index is 0.180. The van der Waals surface area contributed by atoms with Crippen LogP contribution in [0.5, 0.6) is 0 Å². The fourth-order valence-corrected chi connectivity index (χ4v) is 1.39. The summed E-state index contributed by atoms with van der Waals surface area (Å²) in [4.78, 5) is 9.87. The summed E-state index contributed by atoms with van der Waals surface area (Å²) in [5.41, 5.74) is 10.1. The highest BCUT2D eigenvalue weighted by Crippen LogP contribution is 2.14. The average molecular weight is 175 g/mol. The van der Waals surface area contributed by atoms with Crippen molar-refractivity contribution in [2.75, 3.05) is 0 Å². The van der Waals surface area contributed by atoms with Gasteiger partial charge in [0.25, 0.3) is 0 Å². The van der Waals surface area contributed by atoms with Crippen molar-refractivity contribution in [2.24, 2.45) is 15.9 Å². The van der Waals surface area contributed by atoms with E-state index >= 15 is 0 Å². The lowest BCUT2D eigenvalue weighted by Crippen LogP contribution is -2.20. The Kier molecular flexibility index (Phi) is 1.65. The van der Waals surface area contributed by atoms with Crippen LogP contribution in [0, 0.1) is 0 Å². The predicted octanol–water partition coefficient (Wildman–Crippen LogP) is -1.72. The Balaban J connectivity index is 3.18. The molecule has 0 aromatic heterocycles. The van der Waals surface area contributed by atoms with Crippen molar-refractivity contribution in [3.8, 4) is 0 Å². The number of carbonyl (C=O) groups is 1. The van der Waals surface area contributed by atoms with Crippen molar-refractivity contribution < 1.29 is 14.1 Å². The number of rotatable bonds is 1. The molecular weight excluding hydrogens is 170 g/mol. The molecule has 0 aromatic carbocycles. The molecule has 0 fully saturated rings. The molecule has 0 spiro atoms. The number of hydrogen-bond donors (Lipinski definition) is 3. The van der Waals surface area contributed by atoms with Crippen molar-refractivity contribution in [3.05, 3.63) is 10.6 Å². The van der Waals surface area contributed by atoms with E-state index in [-0.39, 0.29) is 11.5 Å². The van der Waals surface area contributed by atoms with E-state index in [0.29, 0.717) is 0 Å². The van der Waals surface area contributed by atoms with Gasteiger partial charge in [-0.1, -0.05) is 0 Å². The Morgan fingerprint density at radius 2 is 2.09 bits per heavy atom. The molecule has 6 nitrogen and oxygen atoms in total. The molecule has 0 bridgehead atoms. The number of hydrogen-bond acceptors (Lipinski definition) is 4. The second-order valence-corrected chi connectivity index (χ2v) is 2.86. The fraction of sp³-hybridized carbons (Fsp3) is 0. The smallest absolute Gasteiger partial charge is 0.349 e. The molecule has 5 N–H and O–H groups in total. The van der Waals surface area contributed by atoms with E-state index in [1.165, 1.54) is 0 Å². The highest BCUT2D eigenvalue weighted by Gasteiger charge is 2.27. The molecule has 0 aliphatic carbocycles. The normalized spacial score (nSPS) is 23.6. The maximum absolute atomic E-state index is 10.8. The van der Waals surface area contributed by atoms with Crippen LogP contribution in [0.15, 0.2) is 15.0 Å². The van der Waals surface area contributed by atoms with Gasteiger partial charge in [-0.05, 0) is 0 Å². The van der Waals surface area contributed by atoms with Crippen LogP contribution >= 0.6 is 0 Å². The van der Waals surface area contributed by atoms with Gasteiger partial charge in [-0.3, -0.25) is 0 Å². The molecule has 0 aromatic rings. The van der Waals surface area contributed by atoms with Crippen LogP contribution in [-0.2, 0) is 15.8 Å². The van der Waals surface area contributed by atoms with Crippen LogP contribution in [0.3, 0.4) is 0 Å². The van der Waals surface area contributed by atoms with Gasteiger partial charge >= 0.3 is 5.97 Å². The molecule has 11 heavy (non-hydrogen) atoms. The standard InChI is InChI=1S/C4H5N3O3S/c5-1-2(4(8)9)11(10)7-3(1)6/h5H2,(H2,6,7)(H,8,9). The third kappa shape index (κ3) is 1.09. The molecule has 1 unspecified atom stereocenters. The Labute approximate surface area is 64.2 Å². The molecular formula is C4H5N3O3S. The Morgan fingerprint density at radius 1 is 1.55 bits per heavy atom. The summed E-state index contributed by atoms with van der Waals surface area (Å²) in [6, 6.07) is 0. The van der Waals surface area contributed by atoms with Gasteiger partial charge in [0.2, 0.25) is 0 Å². The maximum Gasteiger partial charge on any atom is 0.349 e. The number of nitrogens with zero attached hydrogens (tertiary/aromatic N) is 1. The van der Waals surface area contributed by atoms with E-state index in [4.69, 9.17) is 16.6 Å². The SMILES string of the molecule is NC1=NS(=O)C(C(=O)O)=C1N. The molecule has 1 aliphatic heterocycles. The highest BCUT2D eigenvalue weighted by molar-refractivity contribution is 7.89. The fourth-order valence-electron chi connectivity index (χ4n) is 0.584. The molecule has 0 saturated heterocycles. The summed E-state index contributed by atoms with van der Waals surface area (Å²) in [5.74, 6) is -1.54. The minimum atomic E-state index is -1.93. The third-order valence-corrected chi connectivity index (χ3v) is 2.18. The first-order valence-electron chi connectivity index (χ1n) is 2.53. The van der Waals surface area contributed by atoms with Crippen LogP contribution in [0.25, 0.3) is 0 Å². The molecule has 0 radical (unpaired) electrons. The lowest BCUT2D eigenvalue weighted by atomic mass is 10.4. The zero-order chi connectivity index (χ0) is 8.59. The molecule has 1 rings (SSSR count). The third-order valence-electron chi connectivity index (χ3n) is 1.07. The van der Waals surface area contributed by atoms with E-state index in [1.807, 2.05) is 0 Å². The van der Waals surface area contributed by atoms with Gasteiger partial charge in [0.15, 0.2) is 21.7 Å². The van der Waals surface area contributed by atoms with Gasteiger partial charge in [0, 0.05) is 0 Å². The van der Waals surface area contributed by atoms with Crippen molar-refractivity contribution in [2.45, 2.75) is 0 Å². The first-order valence-corrected chi connectivity index (χ1v) is 3.64. The minimum Gasteiger partial charge on any atom is -0.477 e. The number of carboxylic acids is 1. The number of amidine groups is 1. The van der Waals surface area contributed by atoms with Gasteiger partial charge in [-0.15, -0.1) is 0 Å². The van der Waals surface area contributed by atoms with Crippen molar-refractivity contribution in [1.82, 2.24) is 0 Å². The Hall–Kier alpha value is -1.37. The molecule has 1 aliphatic rings. The van der Waals surface area contributed by atoms with Crippen LogP contribution < -0.4 is 11.5 Å². The van der Waals surface area contributed by atoms with Gasteiger partial charge in [-0.2, -0.15) is 4.40 Å². The second-order valence-electron chi connectivity index (χ2n) is 1.77. The summed E-state index contributed by atoms with van der Waals surface area (Å²) in [7, 11) is -1.93. The van der Waals surface area contributed by atoms with Crippen molar-refractivity contribution in [1.29, 1.82) is 0 Å². The summed E-state index contributed by atoms with van der Waals surface area (Å²) < 4.78 is 14.0. The Bertz CT molecular complexity index is 306. The van der Waals surface area contributed by atoms with Crippen LogP contribution in [-0.4, -0.2) is 21.1 Å². The van der Waals surface area contributed by atoms with Crippen LogP contribution in [0.2, 0.25) is 0 Å².